The topological polar surface area (TPSA) is 57.7 Å². The maximum Gasteiger partial charge on any atom is 0.251 e. The molecule has 0 unspecified atom stereocenters. The fourth-order valence-electron chi connectivity index (χ4n) is 4.03. The van der Waals surface area contributed by atoms with E-state index in [-0.39, 0.29) is 12.0 Å². The van der Waals surface area contributed by atoms with Gasteiger partial charge in [-0.15, -0.1) is 0 Å². The van der Waals surface area contributed by atoms with Crippen LogP contribution in [0.5, 0.6) is 5.75 Å². The zero-order valence-electron chi connectivity index (χ0n) is 19.5. The van der Waals surface area contributed by atoms with Crippen molar-refractivity contribution < 1.29 is 9.53 Å². The number of ether oxygens (including phenoxy) is 1. The van der Waals surface area contributed by atoms with Crippen molar-refractivity contribution in [3.8, 4) is 5.75 Å². The normalized spacial score (nSPS) is 15.6. The lowest BCUT2D eigenvalue weighted by Crippen LogP contribution is -2.45. The van der Waals surface area contributed by atoms with Crippen LogP contribution in [0.15, 0.2) is 73.1 Å². The van der Waals surface area contributed by atoms with Crippen LogP contribution in [-0.4, -0.2) is 59.5 Å². The van der Waals surface area contributed by atoms with Gasteiger partial charge in [-0.2, -0.15) is 0 Å². The third-order valence-corrected chi connectivity index (χ3v) is 6.13. The van der Waals surface area contributed by atoms with Gasteiger partial charge in [-0.25, -0.2) is 0 Å². The maximum absolute atomic E-state index is 12.3. The molecule has 6 nitrogen and oxygen atoms in total. The monoisotopic (exact) mass is 478 g/mol. The molecular weight excluding hydrogens is 448 g/mol. The smallest absolute Gasteiger partial charge is 0.251 e. The van der Waals surface area contributed by atoms with Crippen LogP contribution in [0.3, 0.4) is 0 Å². The highest BCUT2D eigenvalue weighted by molar-refractivity contribution is 6.30. The molecule has 2 aromatic carbocycles. The Balaban J connectivity index is 1.18. The van der Waals surface area contributed by atoms with Gasteiger partial charge in [0.1, 0.15) is 11.9 Å². The molecule has 1 N–H and O–H groups in total. The summed E-state index contributed by atoms with van der Waals surface area (Å²) in [7, 11) is 0. The van der Waals surface area contributed by atoms with Gasteiger partial charge in [0.05, 0.1) is 6.54 Å². The fraction of sp³-hybridized carbons (Fsp3) is 0.333. The standard InChI is InChI=1S/C27H31ClN4O2/c1-21(17-30-27(33)24-5-2-6-25(28)16-24)34-26-9-7-22(8-10-26)19-31-12-14-32(15-13-31)20-23-4-3-11-29-18-23/h2-11,16,18,21H,12-15,17,19-20H2,1H3,(H,30,33)/t21-/m1/s1. The van der Waals surface area contributed by atoms with Gasteiger partial charge >= 0.3 is 0 Å². The Morgan fingerprint density at radius 2 is 1.71 bits per heavy atom. The van der Waals surface area contributed by atoms with E-state index in [1.54, 1.807) is 24.3 Å². The van der Waals surface area contributed by atoms with Gasteiger partial charge in [0, 0.05) is 62.2 Å². The van der Waals surface area contributed by atoms with Gasteiger partial charge in [0.2, 0.25) is 0 Å². The van der Waals surface area contributed by atoms with E-state index in [1.165, 1.54) is 11.1 Å². The first kappa shape index (κ1) is 24.2. The summed E-state index contributed by atoms with van der Waals surface area (Å²) >= 11 is 5.96. The molecule has 178 valence electrons. The molecule has 1 aliphatic heterocycles. The van der Waals surface area contributed by atoms with Crippen molar-refractivity contribution in [3.63, 3.8) is 0 Å². The van der Waals surface area contributed by atoms with E-state index in [9.17, 15) is 4.79 Å². The number of nitrogens with one attached hydrogen (secondary N) is 1. The van der Waals surface area contributed by atoms with E-state index in [4.69, 9.17) is 16.3 Å². The van der Waals surface area contributed by atoms with Crippen LogP contribution in [-0.2, 0) is 13.1 Å². The number of aromatic nitrogens is 1. The average molecular weight is 479 g/mol. The van der Waals surface area contributed by atoms with Crippen LogP contribution in [0, 0.1) is 0 Å². The van der Waals surface area contributed by atoms with Crippen LogP contribution in [0.1, 0.15) is 28.4 Å². The van der Waals surface area contributed by atoms with E-state index in [1.807, 2.05) is 37.5 Å². The molecule has 1 fully saturated rings. The molecule has 0 radical (unpaired) electrons. The number of hydrogen-bond donors (Lipinski definition) is 1. The largest absolute Gasteiger partial charge is 0.489 e. The third-order valence-electron chi connectivity index (χ3n) is 5.90. The number of rotatable bonds is 9. The van der Waals surface area contributed by atoms with Crippen molar-refractivity contribution in [2.24, 2.45) is 0 Å². The van der Waals surface area contributed by atoms with E-state index < -0.39 is 0 Å². The Morgan fingerprint density at radius 1 is 1.00 bits per heavy atom. The van der Waals surface area contributed by atoms with Crippen molar-refractivity contribution in [2.75, 3.05) is 32.7 Å². The zero-order chi connectivity index (χ0) is 23.8. The molecule has 1 aromatic heterocycles. The lowest BCUT2D eigenvalue weighted by molar-refractivity contribution is 0.0932. The SMILES string of the molecule is C[C@H](CNC(=O)c1cccc(Cl)c1)Oc1ccc(CN2CCN(Cc3cccnc3)CC2)cc1. The van der Waals surface area contributed by atoms with Crippen LogP contribution in [0.4, 0.5) is 0 Å². The number of amides is 1. The second kappa shape index (κ2) is 12.0. The quantitative estimate of drug-likeness (QED) is 0.498. The Labute approximate surface area is 206 Å². The summed E-state index contributed by atoms with van der Waals surface area (Å²) in [6.45, 7) is 8.50. The highest BCUT2D eigenvalue weighted by Crippen LogP contribution is 2.17. The first-order valence-electron chi connectivity index (χ1n) is 11.7. The Hall–Kier alpha value is -2.93. The molecular formula is C27H31ClN4O2. The summed E-state index contributed by atoms with van der Waals surface area (Å²) in [6, 6.07) is 19.3. The molecule has 0 aliphatic carbocycles. The minimum atomic E-state index is -0.158. The molecule has 34 heavy (non-hydrogen) atoms. The van der Waals surface area contributed by atoms with Gasteiger partial charge in [-0.1, -0.05) is 35.9 Å². The van der Waals surface area contributed by atoms with Crippen LogP contribution in [0.25, 0.3) is 0 Å². The van der Waals surface area contributed by atoms with Gasteiger partial charge in [0.15, 0.2) is 0 Å². The molecule has 0 spiro atoms. The predicted molar refractivity (Wildman–Crippen MR) is 135 cm³/mol. The minimum absolute atomic E-state index is 0.151. The molecule has 1 amide bonds. The minimum Gasteiger partial charge on any atom is -0.489 e. The number of hydrogen-bond acceptors (Lipinski definition) is 5. The summed E-state index contributed by atoms with van der Waals surface area (Å²) < 4.78 is 5.97. The first-order chi connectivity index (χ1) is 16.5. The lowest BCUT2D eigenvalue weighted by atomic mass is 10.1. The van der Waals surface area contributed by atoms with Gasteiger partial charge in [-0.05, 0) is 54.4 Å². The predicted octanol–water partition coefficient (Wildman–Crippen LogP) is 4.25. The third kappa shape index (κ3) is 7.29. The molecule has 0 saturated carbocycles. The Kier molecular flexibility index (Phi) is 8.52. The number of carbonyl (C=O) groups excluding carboxylic acids is 1. The summed E-state index contributed by atoms with van der Waals surface area (Å²) in [5.74, 6) is 0.642. The Bertz CT molecular complexity index is 1050. The number of benzene rings is 2. The van der Waals surface area contributed by atoms with Crippen molar-refractivity contribution in [3.05, 3.63) is 94.8 Å². The zero-order valence-corrected chi connectivity index (χ0v) is 20.2. The van der Waals surface area contributed by atoms with Gasteiger partial charge in [-0.3, -0.25) is 19.6 Å². The average Bonchev–Trinajstić information content (AvgIpc) is 2.85. The van der Waals surface area contributed by atoms with Gasteiger partial charge < -0.3 is 10.1 Å². The van der Waals surface area contributed by atoms with E-state index in [0.717, 1.165) is 45.0 Å². The molecule has 1 saturated heterocycles. The van der Waals surface area contributed by atoms with E-state index >= 15 is 0 Å². The molecule has 3 aromatic rings. The van der Waals surface area contributed by atoms with Crippen LogP contribution >= 0.6 is 11.6 Å². The van der Waals surface area contributed by atoms with E-state index in [2.05, 4.69) is 38.3 Å². The summed E-state index contributed by atoms with van der Waals surface area (Å²) in [6.07, 6.45) is 3.62. The molecule has 1 atom stereocenters. The number of piperazine rings is 1. The molecule has 4 rings (SSSR count). The van der Waals surface area contributed by atoms with Crippen molar-refractivity contribution in [1.82, 2.24) is 20.1 Å². The van der Waals surface area contributed by atoms with Crippen LogP contribution < -0.4 is 10.1 Å². The summed E-state index contributed by atoms with van der Waals surface area (Å²) in [4.78, 5) is 21.4. The first-order valence-corrected chi connectivity index (χ1v) is 12.1. The number of nitrogens with zero attached hydrogens (tertiary/aromatic N) is 3. The number of halogens is 1. The van der Waals surface area contributed by atoms with Crippen molar-refractivity contribution in [1.29, 1.82) is 0 Å². The molecule has 2 heterocycles. The van der Waals surface area contributed by atoms with Crippen LogP contribution in [0.2, 0.25) is 5.02 Å². The van der Waals surface area contributed by atoms with Crippen molar-refractivity contribution >= 4 is 17.5 Å². The fourth-order valence-corrected chi connectivity index (χ4v) is 4.22. The lowest BCUT2D eigenvalue weighted by Gasteiger charge is -2.34. The van der Waals surface area contributed by atoms with E-state index in [0.29, 0.717) is 17.1 Å². The highest BCUT2D eigenvalue weighted by atomic mass is 35.5. The summed E-state index contributed by atoms with van der Waals surface area (Å²) in [5, 5.41) is 3.44. The Morgan fingerprint density at radius 3 is 2.35 bits per heavy atom. The number of pyridine rings is 1. The van der Waals surface area contributed by atoms with Gasteiger partial charge in [0.25, 0.3) is 5.91 Å². The second-order valence-electron chi connectivity index (χ2n) is 8.71. The molecule has 1 aliphatic rings. The summed E-state index contributed by atoms with van der Waals surface area (Å²) in [5.41, 5.74) is 3.08. The highest BCUT2D eigenvalue weighted by Gasteiger charge is 2.17. The van der Waals surface area contributed by atoms with Crippen molar-refractivity contribution in [2.45, 2.75) is 26.1 Å². The molecule has 0 bridgehead atoms. The number of carbonyl (C=O) groups is 1. The maximum atomic E-state index is 12.3. The molecule has 7 heteroatoms. The second-order valence-corrected chi connectivity index (χ2v) is 9.14.